The fourth-order valence-corrected chi connectivity index (χ4v) is 1.30. The fourth-order valence-electron chi connectivity index (χ4n) is 1.18. The Bertz CT molecular complexity index is 340. The van der Waals surface area contributed by atoms with E-state index >= 15 is 0 Å². The normalized spacial score (nSPS) is 12.2. The molecule has 1 rings (SSSR count). The molecule has 5 heteroatoms. The maximum absolute atomic E-state index is 11.7. The van der Waals surface area contributed by atoms with E-state index in [1.807, 2.05) is 6.92 Å². The summed E-state index contributed by atoms with van der Waals surface area (Å²) in [5.74, 6) is -0.146. The predicted molar refractivity (Wildman–Crippen MR) is 62.7 cm³/mol. The van der Waals surface area contributed by atoms with Crippen LogP contribution in [-0.4, -0.2) is 30.6 Å². The van der Waals surface area contributed by atoms with E-state index in [1.165, 1.54) is 6.20 Å². The summed E-state index contributed by atoms with van der Waals surface area (Å²) >= 11 is 5.63. The molecule has 0 aliphatic rings. The van der Waals surface area contributed by atoms with Gasteiger partial charge in [0.15, 0.2) is 0 Å². The minimum absolute atomic E-state index is 0.0723. The Kier molecular flexibility index (Phi) is 5.22. The van der Waals surface area contributed by atoms with Gasteiger partial charge >= 0.3 is 0 Å². The average Bonchev–Trinajstić information content (AvgIpc) is 2.27. The molecule has 0 aliphatic carbocycles. The molecule has 1 aromatic rings. The molecule has 0 radical (unpaired) electrons. The van der Waals surface area contributed by atoms with Gasteiger partial charge in [-0.05, 0) is 25.5 Å². The quantitative estimate of drug-likeness (QED) is 0.803. The summed E-state index contributed by atoms with van der Waals surface area (Å²) in [4.78, 5) is 15.5. The van der Waals surface area contributed by atoms with Gasteiger partial charge in [0.2, 0.25) is 0 Å². The van der Waals surface area contributed by atoms with Gasteiger partial charge in [0.1, 0.15) is 5.15 Å². The summed E-state index contributed by atoms with van der Waals surface area (Å²) in [5, 5.41) is 3.23. The number of halogens is 1. The minimum Gasteiger partial charge on any atom is -0.385 e. The number of amides is 1. The molecular weight excluding hydrogens is 228 g/mol. The first-order chi connectivity index (χ1) is 7.63. The lowest BCUT2D eigenvalue weighted by Gasteiger charge is -2.12. The molecule has 1 atom stereocenters. The average molecular weight is 243 g/mol. The summed E-state index contributed by atoms with van der Waals surface area (Å²) in [6, 6.07) is 3.31. The van der Waals surface area contributed by atoms with Crippen LogP contribution in [0.5, 0.6) is 0 Å². The van der Waals surface area contributed by atoms with Gasteiger partial charge in [-0.3, -0.25) is 4.79 Å². The van der Waals surface area contributed by atoms with E-state index in [-0.39, 0.29) is 11.9 Å². The molecule has 1 amide bonds. The van der Waals surface area contributed by atoms with Crippen LogP contribution < -0.4 is 5.32 Å². The van der Waals surface area contributed by atoms with Gasteiger partial charge in [-0.15, -0.1) is 0 Å². The van der Waals surface area contributed by atoms with Crippen molar-refractivity contribution in [3.05, 3.63) is 29.0 Å². The monoisotopic (exact) mass is 242 g/mol. The van der Waals surface area contributed by atoms with Crippen molar-refractivity contribution >= 4 is 17.5 Å². The van der Waals surface area contributed by atoms with Crippen molar-refractivity contribution < 1.29 is 9.53 Å². The summed E-state index contributed by atoms with van der Waals surface area (Å²) in [5.41, 5.74) is 0.508. The Balaban J connectivity index is 2.48. The van der Waals surface area contributed by atoms with Crippen LogP contribution in [0.3, 0.4) is 0 Å². The fraction of sp³-hybridized carbons (Fsp3) is 0.455. The van der Waals surface area contributed by atoms with Crippen LogP contribution in [-0.2, 0) is 4.74 Å². The molecule has 16 heavy (non-hydrogen) atoms. The standard InChI is InChI=1S/C11H15ClN2O2/c1-8(5-6-16-2)14-11(15)9-3-4-10(12)13-7-9/h3-4,7-8H,5-6H2,1-2H3,(H,14,15). The first-order valence-corrected chi connectivity index (χ1v) is 5.42. The molecular formula is C11H15ClN2O2. The van der Waals surface area contributed by atoms with Crippen molar-refractivity contribution in [2.45, 2.75) is 19.4 Å². The third kappa shape index (κ3) is 4.16. The molecule has 88 valence electrons. The first kappa shape index (κ1) is 12.9. The number of methoxy groups -OCH3 is 1. The summed E-state index contributed by atoms with van der Waals surface area (Å²) in [6.45, 7) is 2.56. The smallest absolute Gasteiger partial charge is 0.253 e. The molecule has 0 bridgehead atoms. The number of nitrogens with one attached hydrogen (secondary N) is 1. The maximum Gasteiger partial charge on any atom is 0.253 e. The molecule has 0 aromatic carbocycles. The van der Waals surface area contributed by atoms with E-state index in [2.05, 4.69) is 10.3 Å². The molecule has 4 nitrogen and oxygen atoms in total. The zero-order valence-corrected chi connectivity index (χ0v) is 10.1. The zero-order valence-electron chi connectivity index (χ0n) is 9.37. The summed E-state index contributed by atoms with van der Waals surface area (Å²) < 4.78 is 4.93. The Hall–Kier alpha value is -1.13. The van der Waals surface area contributed by atoms with Crippen LogP contribution >= 0.6 is 11.6 Å². The summed E-state index contributed by atoms with van der Waals surface area (Å²) in [6.07, 6.45) is 2.24. The highest BCUT2D eigenvalue weighted by molar-refractivity contribution is 6.29. The van der Waals surface area contributed by atoms with Crippen molar-refractivity contribution in [2.75, 3.05) is 13.7 Å². The first-order valence-electron chi connectivity index (χ1n) is 5.05. The van der Waals surface area contributed by atoms with Crippen LogP contribution in [0.15, 0.2) is 18.3 Å². The number of nitrogens with zero attached hydrogens (tertiary/aromatic N) is 1. The molecule has 1 heterocycles. The zero-order chi connectivity index (χ0) is 12.0. The van der Waals surface area contributed by atoms with Crippen molar-refractivity contribution in [1.29, 1.82) is 0 Å². The van der Waals surface area contributed by atoms with E-state index in [0.29, 0.717) is 17.3 Å². The molecule has 0 fully saturated rings. The van der Waals surface area contributed by atoms with Gasteiger partial charge in [0, 0.05) is 26.0 Å². The molecule has 0 aliphatic heterocycles. The topological polar surface area (TPSA) is 51.2 Å². The van der Waals surface area contributed by atoms with Crippen LogP contribution in [0, 0.1) is 0 Å². The number of pyridine rings is 1. The highest BCUT2D eigenvalue weighted by Gasteiger charge is 2.09. The number of rotatable bonds is 5. The van der Waals surface area contributed by atoms with Crippen LogP contribution in [0.4, 0.5) is 0 Å². The molecule has 0 saturated carbocycles. The minimum atomic E-state index is -0.146. The summed E-state index contributed by atoms with van der Waals surface area (Å²) in [7, 11) is 1.64. The van der Waals surface area contributed by atoms with E-state index in [1.54, 1.807) is 19.2 Å². The lowest BCUT2D eigenvalue weighted by Crippen LogP contribution is -2.33. The van der Waals surface area contributed by atoms with Crippen LogP contribution in [0.1, 0.15) is 23.7 Å². The van der Waals surface area contributed by atoms with Crippen LogP contribution in [0.2, 0.25) is 5.15 Å². The molecule has 1 N–H and O–H groups in total. The van der Waals surface area contributed by atoms with Crippen molar-refractivity contribution in [3.8, 4) is 0 Å². The lowest BCUT2D eigenvalue weighted by molar-refractivity contribution is 0.0929. The number of carbonyl (C=O) groups is 1. The van der Waals surface area contributed by atoms with Gasteiger partial charge in [-0.1, -0.05) is 11.6 Å². The van der Waals surface area contributed by atoms with Gasteiger partial charge < -0.3 is 10.1 Å². The van der Waals surface area contributed by atoms with Crippen molar-refractivity contribution in [2.24, 2.45) is 0 Å². The van der Waals surface area contributed by atoms with E-state index in [0.717, 1.165) is 6.42 Å². The Labute approximate surface area is 100.0 Å². The number of carbonyl (C=O) groups excluding carboxylic acids is 1. The van der Waals surface area contributed by atoms with Crippen LogP contribution in [0.25, 0.3) is 0 Å². The largest absolute Gasteiger partial charge is 0.385 e. The number of aromatic nitrogens is 1. The highest BCUT2D eigenvalue weighted by Crippen LogP contribution is 2.05. The van der Waals surface area contributed by atoms with E-state index in [9.17, 15) is 4.79 Å². The highest BCUT2D eigenvalue weighted by atomic mass is 35.5. The third-order valence-electron chi connectivity index (χ3n) is 2.12. The number of ether oxygens (including phenoxy) is 1. The second-order valence-electron chi connectivity index (χ2n) is 3.53. The third-order valence-corrected chi connectivity index (χ3v) is 2.35. The Morgan fingerprint density at radius 3 is 2.94 bits per heavy atom. The number of hydrogen-bond donors (Lipinski definition) is 1. The lowest BCUT2D eigenvalue weighted by atomic mass is 10.2. The Morgan fingerprint density at radius 1 is 1.62 bits per heavy atom. The van der Waals surface area contributed by atoms with Gasteiger partial charge in [-0.25, -0.2) is 4.98 Å². The Morgan fingerprint density at radius 2 is 2.38 bits per heavy atom. The second kappa shape index (κ2) is 6.45. The SMILES string of the molecule is COCCC(C)NC(=O)c1ccc(Cl)nc1. The van der Waals surface area contributed by atoms with Crippen molar-refractivity contribution in [1.82, 2.24) is 10.3 Å². The van der Waals surface area contributed by atoms with Crippen molar-refractivity contribution in [3.63, 3.8) is 0 Å². The molecule has 0 spiro atoms. The van der Waals surface area contributed by atoms with E-state index < -0.39 is 0 Å². The van der Waals surface area contributed by atoms with Gasteiger partial charge in [0.05, 0.1) is 5.56 Å². The molecule has 0 saturated heterocycles. The maximum atomic E-state index is 11.7. The molecule has 1 aromatic heterocycles. The second-order valence-corrected chi connectivity index (χ2v) is 3.91. The predicted octanol–water partition coefficient (Wildman–Crippen LogP) is 1.89. The number of hydrogen-bond acceptors (Lipinski definition) is 3. The van der Waals surface area contributed by atoms with Gasteiger partial charge in [0.25, 0.3) is 5.91 Å². The van der Waals surface area contributed by atoms with E-state index in [4.69, 9.17) is 16.3 Å². The van der Waals surface area contributed by atoms with Gasteiger partial charge in [-0.2, -0.15) is 0 Å². The molecule has 1 unspecified atom stereocenters.